The average Bonchev–Trinajstić information content (AvgIpc) is 3.14. The summed E-state index contributed by atoms with van der Waals surface area (Å²) in [5, 5.41) is 5.87. The van der Waals surface area contributed by atoms with Crippen molar-refractivity contribution in [3.05, 3.63) is 45.5 Å². The molecule has 0 saturated carbocycles. The highest BCUT2D eigenvalue weighted by atomic mass is 32.1. The minimum Gasteiger partial charge on any atom is -0.382 e. The number of carbonyl (C=O) groups is 1. The van der Waals surface area contributed by atoms with Crippen LogP contribution in [0.1, 0.15) is 20.4 Å². The van der Waals surface area contributed by atoms with Crippen LogP contribution < -0.4 is 11.1 Å². The van der Waals surface area contributed by atoms with E-state index < -0.39 is 0 Å². The number of carbonyl (C=O) groups excluding carboxylic acids is 1. The summed E-state index contributed by atoms with van der Waals surface area (Å²) in [7, 11) is 0. The minimum absolute atomic E-state index is 0.129. The third-order valence-electron chi connectivity index (χ3n) is 2.90. The molecule has 1 amide bonds. The summed E-state index contributed by atoms with van der Waals surface area (Å²) in [6, 6.07) is 3.99. The topological polar surface area (TPSA) is 93.8 Å². The summed E-state index contributed by atoms with van der Waals surface area (Å²) in [5.74, 6) is -0.199. The second-order valence-corrected chi connectivity index (χ2v) is 6.72. The van der Waals surface area contributed by atoms with Gasteiger partial charge in [0, 0.05) is 22.7 Å². The van der Waals surface area contributed by atoms with Crippen LogP contribution in [-0.4, -0.2) is 20.9 Å². The molecule has 0 fully saturated rings. The maximum atomic E-state index is 12.0. The molecule has 0 unspecified atom stereocenters. The number of nitrogens with one attached hydrogen (secondary N) is 1. The Bertz CT molecular complexity index is 811. The van der Waals surface area contributed by atoms with Gasteiger partial charge in [-0.25, -0.2) is 15.0 Å². The van der Waals surface area contributed by atoms with Gasteiger partial charge in [0.2, 0.25) is 0 Å². The van der Waals surface area contributed by atoms with Gasteiger partial charge >= 0.3 is 0 Å². The summed E-state index contributed by atoms with van der Waals surface area (Å²) in [6.07, 6.45) is 2.90. The Balaban J connectivity index is 1.66. The monoisotopic (exact) mass is 331 g/mol. The number of thiazole rings is 1. The first kappa shape index (κ1) is 14.6. The number of nitrogens with zero attached hydrogens (tertiary/aromatic N) is 3. The third kappa shape index (κ3) is 3.12. The molecule has 0 aliphatic carbocycles. The number of hydrogen-bond donors (Lipinski definition) is 2. The summed E-state index contributed by atoms with van der Waals surface area (Å²) in [5.41, 5.74) is 6.76. The first-order valence-electron chi connectivity index (χ1n) is 6.49. The number of hydrogen-bond acceptors (Lipinski definition) is 7. The number of aromatic nitrogens is 3. The molecule has 0 aliphatic heterocycles. The van der Waals surface area contributed by atoms with Gasteiger partial charge in [0.1, 0.15) is 0 Å². The molecule has 3 rings (SSSR count). The molecule has 0 bridgehead atoms. The van der Waals surface area contributed by atoms with E-state index in [1.165, 1.54) is 12.4 Å². The van der Waals surface area contributed by atoms with E-state index in [0.717, 1.165) is 20.5 Å². The van der Waals surface area contributed by atoms with Gasteiger partial charge in [-0.2, -0.15) is 0 Å². The van der Waals surface area contributed by atoms with Crippen LogP contribution in [0, 0.1) is 6.92 Å². The Morgan fingerprint density at radius 3 is 2.86 bits per heavy atom. The van der Waals surface area contributed by atoms with Crippen molar-refractivity contribution >= 4 is 34.4 Å². The lowest BCUT2D eigenvalue weighted by molar-refractivity contribution is 0.0947. The molecular formula is C14H13N5OS2. The van der Waals surface area contributed by atoms with E-state index in [-0.39, 0.29) is 17.4 Å². The molecule has 0 radical (unpaired) electrons. The van der Waals surface area contributed by atoms with E-state index in [0.29, 0.717) is 6.54 Å². The van der Waals surface area contributed by atoms with Crippen molar-refractivity contribution in [2.24, 2.45) is 0 Å². The molecule has 0 spiro atoms. The molecule has 0 aromatic carbocycles. The van der Waals surface area contributed by atoms with Crippen molar-refractivity contribution < 1.29 is 4.79 Å². The molecular weight excluding hydrogens is 318 g/mol. The highest BCUT2D eigenvalue weighted by Crippen LogP contribution is 2.28. The zero-order valence-corrected chi connectivity index (χ0v) is 13.4. The normalized spacial score (nSPS) is 10.6. The molecule has 22 heavy (non-hydrogen) atoms. The van der Waals surface area contributed by atoms with Crippen LogP contribution in [-0.2, 0) is 6.54 Å². The van der Waals surface area contributed by atoms with E-state index in [1.807, 2.05) is 24.4 Å². The summed E-state index contributed by atoms with van der Waals surface area (Å²) in [4.78, 5) is 26.4. The lowest BCUT2D eigenvalue weighted by atomic mass is 10.3. The predicted octanol–water partition coefficient (Wildman–Crippen LogP) is 2.48. The van der Waals surface area contributed by atoms with Gasteiger partial charge in [-0.15, -0.1) is 22.7 Å². The summed E-state index contributed by atoms with van der Waals surface area (Å²) >= 11 is 3.23. The van der Waals surface area contributed by atoms with Crippen molar-refractivity contribution in [2.45, 2.75) is 13.5 Å². The van der Waals surface area contributed by atoms with Gasteiger partial charge in [0.25, 0.3) is 5.91 Å². The zero-order chi connectivity index (χ0) is 15.5. The molecule has 112 valence electrons. The van der Waals surface area contributed by atoms with Crippen LogP contribution in [0.25, 0.3) is 10.6 Å². The van der Waals surface area contributed by atoms with E-state index in [1.54, 1.807) is 22.7 Å². The smallest absolute Gasteiger partial charge is 0.274 e. The quantitative estimate of drug-likeness (QED) is 0.766. The number of amides is 1. The SMILES string of the molecule is Cc1nc(-c2ccc(CNC(=O)c3nccnc3N)s2)cs1. The van der Waals surface area contributed by atoms with Gasteiger partial charge in [0.05, 0.1) is 22.1 Å². The fourth-order valence-electron chi connectivity index (χ4n) is 1.86. The van der Waals surface area contributed by atoms with Crippen molar-refractivity contribution in [3.8, 4) is 10.6 Å². The van der Waals surface area contributed by atoms with E-state index in [2.05, 4.69) is 20.3 Å². The van der Waals surface area contributed by atoms with Gasteiger partial charge < -0.3 is 11.1 Å². The summed E-state index contributed by atoms with van der Waals surface area (Å²) in [6.45, 7) is 2.40. The second kappa shape index (κ2) is 6.20. The maximum absolute atomic E-state index is 12.0. The van der Waals surface area contributed by atoms with Crippen LogP contribution in [0.2, 0.25) is 0 Å². The second-order valence-electron chi connectivity index (χ2n) is 4.49. The van der Waals surface area contributed by atoms with Crippen LogP contribution in [0.15, 0.2) is 29.9 Å². The molecule has 0 atom stereocenters. The van der Waals surface area contributed by atoms with Crippen molar-refractivity contribution in [1.29, 1.82) is 0 Å². The van der Waals surface area contributed by atoms with Gasteiger partial charge in [-0.1, -0.05) is 0 Å². The fourth-order valence-corrected chi connectivity index (χ4v) is 3.46. The number of nitrogen functional groups attached to an aromatic ring is 1. The number of rotatable bonds is 4. The van der Waals surface area contributed by atoms with E-state index >= 15 is 0 Å². The van der Waals surface area contributed by atoms with Crippen LogP contribution >= 0.6 is 22.7 Å². The number of nitrogens with two attached hydrogens (primary N) is 1. The van der Waals surface area contributed by atoms with E-state index in [9.17, 15) is 4.79 Å². The lowest BCUT2D eigenvalue weighted by Gasteiger charge is -2.04. The largest absolute Gasteiger partial charge is 0.382 e. The number of aryl methyl sites for hydroxylation is 1. The molecule has 3 heterocycles. The van der Waals surface area contributed by atoms with Crippen LogP contribution in [0.3, 0.4) is 0 Å². The highest BCUT2D eigenvalue weighted by molar-refractivity contribution is 7.16. The van der Waals surface area contributed by atoms with Crippen LogP contribution in [0.4, 0.5) is 5.82 Å². The Hall–Kier alpha value is -2.32. The van der Waals surface area contributed by atoms with Gasteiger partial charge in [-0.05, 0) is 19.1 Å². The third-order valence-corrected chi connectivity index (χ3v) is 4.78. The van der Waals surface area contributed by atoms with Gasteiger partial charge in [0.15, 0.2) is 11.5 Å². The molecule has 3 N–H and O–H groups in total. The summed E-state index contributed by atoms with van der Waals surface area (Å²) < 4.78 is 0. The van der Waals surface area contributed by atoms with Gasteiger partial charge in [-0.3, -0.25) is 4.79 Å². The molecule has 0 saturated heterocycles. The predicted molar refractivity (Wildman–Crippen MR) is 87.8 cm³/mol. The number of anilines is 1. The Kier molecular flexibility index (Phi) is 4.12. The zero-order valence-electron chi connectivity index (χ0n) is 11.7. The van der Waals surface area contributed by atoms with Crippen molar-refractivity contribution in [3.63, 3.8) is 0 Å². The van der Waals surface area contributed by atoms with Crippen molar-refractivity contribution in [1.82, 2.24) is 20.3 Å². The first-order chi connectivity index (χ1) is 10.6. The number of thiophene rings is 1. The standard InChI is InChI=1S/C14H13N5OS2/c1-8-19-10(7-21-8)11-3-2-9(22-11)6-18-14(20)12-13(15)17-5-4-16-12/h2-5,7H,6H2,1H3,(H2,15,17)(H,18,20). The Morgan fingerprint density at radius 2 is 2.14 bits per heavy atom. The van der Waals surface area contributed by atoms with Crippen LogP contribution in [0.5, 0.6) is 0 Å². The van der Waals surface area contributed by atoms with E-state index in [4.69, 9.17) is 5.73 Å². The molecule has 6 nitrogen and oxygen atoms in total. The lowest BCUT2D eigenvalue weighted by Crippen LogP contribution is -2.24. The molecule has 0 aliphatic rings. The highest BCUT2D eigenvalue weighted by Gasteiger charge is 2.12. The first-order valence-corrected chi connectivity index (χ1v) is 8.19. The fraction of sp³-hybridized carbons (Fsp3) is 0.143. The molecule has 3 aromatic heterocycles. The Labute approximate surface area is 135 Å². The molecule has 3 aromatic rings. The maximum Gasteiger partial charge on any atom is 0.274 e. The Morgan fingerprint density at radius 1 is 1.32 bits per heavy atom. The minimum atomic E-state index is -0.329. The average molecular weight is 331 g/mol. The van der Waals surface area contributed by atoms with Crippen molar-refractivity contribution in [2.75, 3.05) is 5.73 Å². The molecule has 8 heteroatoms.